The van der Waals surface area contributed by atoms with Crippen LogP contribution in [0, 0.1) is 23.7 Å². The van der Waals surface area contributed by atoms with Crippen LogP contribution in [0.25, 0.3) is 11.1 Å². The van der Waals surface area contributed by atoms with Crippen LogP contribution in [-0.4, -0.2) is 139 Å². The summed E-state index contributed by atoms with van der Waals surface area (Å²) in [5.41, 5.74) is 4.84. The first-order valence-electron chi connectivity index (χ1n) is 15.7. The van der Waals surface area contributed by atoms with Gasteiger partial charge in [-0.25, -0.2) is 0 Å². The highest BCUT2D eigenvalue weighted by Crippen LogP contribution is 2.54. The number of carbonyl (C=O) groups is 1. The van der Waals surface area contributed by atoms with Gasteiger partial charge in [0.1, 0.15) is 61.0 Å². The Balaban J connectivity index is 1.34. The quantitative estimate of drug-likeness (QED) is 0.167. The normalized spacial score (nSPS) is 34.0. The summed E-state index contributed by atoms with van der Waals surface area (Å²) in [7, 11) is 0. The number of aliphatic hydroxyl groups is 8. The summed E-state index contributed by atoms with van der Waals surface area (Å²) in [6.45, 7) is 1.53. The van der Waals surface area contributed by atoms with Crippen LogP contribution in [0.5, 0.6) is 0 Å². The largest absolute Gasteiger partial charge is 0.394 e. The molecule has 1 amide bonds. The highest BCUT2D eigenvalue weighted by Gasteiger charge is 2.47. The summed E-state index contributed by atoms with van der Waals surface area (Å²) in [6, 6.07) is 11.6. The number of benzene rings is 2. The summed E-state index contributed by atoms with van der Waals surface area (Å²) < 4.78 is 11.1. The molecule has 0 aromatic heterocycles. The molecule has 1 spiro atoms. The highest BCUT2D eigenvalue weighted by molar-refractivity contribution is 5.83. The van der Waals surface area contributed by atoms with Gasteiger partial charge in [-0.15, -0.1) is 0 Å². The molecule has 6 rings (SSSR count). The Morgan fingerprint density at radius 3 is 1.53 bits per heavy atom. The summed E-state index contributed by atoms with van der Waals surface area (Å²) in [6.07, 6.45) is -12.0. The lowest BCUT2D eigenvalue weighted by molar-refractivity contribution is -0.214. The van der Waals surface area contributed by atoms with Crippen molar-refractivity contribution < 1.29 is 55.1 Å². The fraction of sp³-hybridized carbons (Fsp3) is 0.514. The van der Waals surface area contributed by atoms with E-state index in [1.54, 1.807) is 6.92 Å². The van der Waals surface area contributed by atoms with Crippen molar-refractivity contribution in [3.63, 3.8) is 0 Å². The first-order valence-corrected chi connectivity index (χ1v) is 15.7. The van der Waals surface area contributed by atoms with Crippen LogP contribution in [0.3, 0.4) is 0 Å². The maximum Gasteiger partial charge on any atom is 0.219 e. The Kier molecular flexibility index (Phi) is 9.46. The van der Waals surface area contributed by atoms with Crippen LogP contribution in [0.2, 0.25) is 0 Å². The molecule has 47 heavy (non-hydrogen) atoms. The summed E-state index contributed by atoms with van der Waals surface area (Å²) in [5, 5.41) is 80.4. The van der Waals surface area contributed by atoms with Crippen molar-refractivity contribution >= 4 is 5.91 Å². The van der Waals surface area contributed by atoms with Crippen LogP contribution < -0.4 is 0 Å². The van der Waals surface area contributed by atoms with Gasteiger partial charge in [-0.05, 0) is 59.4 Å². The van der Waals surface area contributed by atoms with Crippen molar-refractivity contribution in [2.45, 2.75) is 86.2 Å². The van der Waals surface area contributed by atoms with Gasteiger partial charge >= 0.3 is 0 Å². The lowest BCUT2D eigenvalue weighted by Gasteiger charge is -2.40. The molecular formula is C35H39NO11. The lowest BCUT2D eigenvalue weighted by Crippen LogP contribution is -2.58. The monoisotopic (exact) mass is 649 g/mol. The molecule has 3 fully saturated rings. The van der Waals surface area contributed by atoms with Gasteiger partial charge in [-0.2, -0.15) is 0 Å². The Morgan fingerprint density at radius 1 is 0.723 bits per heavy atom. The molecule has 3 heterocycles. The average Bonchev–Trinajstić information content (AvgIpc) is 3.33. The van der Waals surface area contributed by atoms with Crippen LogP contribution in [0.15, 0.2) is 36.4 Å². The molecular weight excluding hydrogens is 610 g/mol. The van der Waals surface area contributed by atoms with Crippen molar-refractivity contribution in [3.8, 4) is 34.8 Å². The Hall–Kier alpha value is -3.37. The minimum Gasteiger partial charge on any atom is -0.394 e. The topological polar surface area (TPSA) is 201 Å². The number of piperidine rings is 1. The molecule has 0 saturated carbocycles. The van der Waals surface area contributed by atoms with Crippen molar-refractivity contribution in [1.29, 1.82) is 0 Å². The molecule has 2 aromatic carbocycles. The van der Waals surface area contributed by atoms with Gasteiger partial charge in [-0.1, -0.05) is 35.8 Å². The summed E-state index contributed by atoms with van der Waals surface area (Å²) in [4.78, 5) is 14.0. The van der Waals surface area contributed by atoms with E-state index < -0.39 is 79.7 Å². The Morgan fingerprint density at radius 2 is 1.15 bits per heavy atom. The van der Waals surface area contributed by atoms with E-state index in [4.69, 9.17) is 9.47 Å². The predicted molar refractivity (Wildman–Crippen MR) is 165 cm³/mol. The molecule has 250 valence electrons. The number of rotatable bonds is 2. The summed E-state index contributed by atoms with van der Waals surface area (Å²) in [5.74, 6) is 11.7. The second kappa shape index (κ2) is 13.3. The van der Waals surface area contributed by atoms with Crippen molar-refractivity contribution in [2.75, 3.05) is 26.3 Å². The maximum absolute atomic E-state index is 12.2. The van der Waals surface area contributed by atoms with Crippen molar-refractivity contribution in [2.24, 2.45) is 0 Å². The number of nitrogens with zero attached hydrogens (tertiary/aromatic N) is 1. The average molecular weight is 650 g/mol. The third-order valence-electron chi connectivity index (χ3n) is 9.92. The number of hydrogen-bond acceptors (Lipinski definition) is 11. The molecule has 12 heteroatoms. The minimum absolute atomic E-state index is 0.00316. The second-order valence-electron chi connectivity index (χ2n) is 12.6. The van der Waals surface area contributed by atoms with Crippen LogP contribution in [-0.2, 0) is 19.7 Å². The standard InChI is InChI=1S/C35H39NO11/c1-18(39)36-12-10-35(11-13-36)23-14-19(4-8-25-29(40)33(44)31(42)27(16-37)46-25)2-6-21(23)22-7-3-20(15-24(22)35)5-9-26-30(41)34(45)32(43)28(17-38)47-26/h2-3,6-7,14-15,25-34,37-38,40-45H,10-13,16-17H2,1H3/t25-,26-,27-,28-,29+,30+,31-,32-,33-,34-/m1/s1. The van der Waals surface area contributed by atoms with Gasteiger partial charge in [-0.3, -0.25) is 4.79 Å². The molecule has 0 unspecified atom stereocenters. The van der Waals surface area contributed by atoms with Gasteiger partial charge in [0.25, 0.3) is 0 Å². The third kappa shape index (κ3) is 5.96. The van der Waals surface area contributed by atoms with E-state index in [-0.39, 0.29) is 5.91 Å². The van der Waals surface area contributed by atoms with Gasteiger partial charge in [0, 0.05) is 36.6 Å². The number of amides is 1. The highest BCUT2D eigenvalue weighted by atomic mass is 16.5. The van der Waals surface area contributed by atoms with E-state index in [2.05, 4.69) is 23.7 Å². The molecule has 10 atom stereocenters. The number of hydrogen-bond donors (Lipinski definition) is 8. The number of ether oxygens (including phenoxy) is 2. The molecule has 4 aliphatic rings. The fourth-order valence-corrected chi connectivity index (χ4v) is 7.14. The van der Waals surface area contributed by atoms with E-state index in [9.17, 15) is 45.6 Å². The van der Waals surface area contributed by atoms with Crippen LogP contribution in [0.1, 0.15) is 42.0 Å². The smallest absolute Gasteiger partial charge is 0.219 e. The van der Waals surface area contributed by atoms with Crippen LogP contribution >= 0.6 is 0 Å². The zero-order valence-corrected chi connectivity index (χ0v) is 25.7. The van der Waals surface area contributed by atoms with Gasteiger partial charge in [0.2, 0.25) is 5.91 Å². The minimum atomic E-state index is -1.53. The van der Waals surface area contributed by atoms with E-state index in [1.807, 2.05) is 41.3 Å². The van der Waals surface area contributed by atoms with Gasteiger partial charge < -0.3 is 55.2 Å². The molecule has 2 aromatic rings. The summed E-state index contributed by atoms with van der Waals surface area (Å²) >= 11 is 0. The molecule has 3 aliphatic heterocycles. The number of fused-ring (bicyclic) bond motifs is 5. The first kappa shape index (κ1) is 33.5. The zero-order valence-electron chi connectivity index (χ0n) is 25.7. The SMILES string of the molecule is CC(=O)N1CCC2(CC1)c1cc(C#C[C@H]3O[C@H](CO)[C@@H](O)[C@H](O)[C@H]3O)ccc1-c1ccc(C#C[C@H]3O[C@H](CO)[C@@H](O)[C@H](O)[C@H]3O)cc12. The third-order valence-corrected chi connectivity index (χ3v) is 9.92. The van der Waals surface area contributed by atoms with Crippen molar-refractivity contribution in [3.05, 3.63) is 58.7 Å². The van der Waals surface area contributed by atoms with E-state index in [1.165, 1.54) is 0 Å². The van der Waals surface area contributed by atoms with Gasteiger partial charge in [0.15, 0.2) is 0 Å². The zero-order chi connectivity index (χ0) is 33.6. The first-order chi connectivity index (χ1) is 22.5. The Bertz CT molecular complexity index is 1520. The molecule has 12 nitrogen and oxygen atoms in total. The number of likely N-dealkylation sites (tertiary alicyclic amines) is 1. The Labute approximate surface area is 271 Å². The number of aliphatic hydroxyl groups excluding tert-OH is 8. The van der Waals surface area contributed by atoms with E-state index >= 15 is 0 Å². The molecule has 0 radical (unpaired) electrons. The lowest BCUT2D eigenvalue weighted by atomic mass is 9.70. The van der Waals surface area contributed by atoms with Gasteiger partial charge in [0.05, 0.1) is 13.2 Å². The second-order valence-corrected chi connectivity index (χ2v) is 12.6. The molecule has 1 aliphatic carbocycles. The predicted octanol–water partition coefficient (Wildman–Crippen LogP) is -2.02. The molecule has 8 N–H and O–H groups in total. The van der Waals surface area contributed by atoms with E-state index in [0.29, 0.717) is 37.1 Å². The van der Waals surface area contributed by atoms with Crippen molar-refractivity contribution in [1.82, 2.24) is 4.90 Å². The fourth-order valence-electron chi connectivity index (χ4n) is 7.14. The molecule has 3 saturated heterocycles. The number of carbonyl (C=O) groups excluding carboxylic acids is 1. The van der Waals surface area contributed by atoms with Crippen LogP contribution in [0.4, 0.5) is 0 Å². The molecule has 0 bridgehead atoms. The maximum atomic E-state index is 12.2. The van der Waals surface area contributed by atoms with E-state index in [0.717, 1.165) is 22.3 Å².